The van der Waals surface area contributed by atoms with Gasteiger partial charge >= 0.3 is 5.97 Å². The van der Waals surface area contributed by atoms with Crippen LogP contribution in [-0.2, 0) is 16.1 Å². The molecule has 21 heavy (non-hydrogen) atoms. The van der Waals surface area contributed by atoms with E-state index in [1.54, 1.807) is 6.08 Å². The van der Waals surface area contributed by atoms with Crippen LogP contribution in [0.3, 0.4) is 0 Å². The summed E-state index contributed by atoms with van der Waals surface area (Å²) in [6.07, 6.45) is 3.20. The van der Waals surface area contributed by atoms with Gasteiger partial charge in [0.15, 0.2) is 0 Å². The molecule has 2 aromatic rings. The van der Waals surface area contributed by atoms with E-state index >= 15 is 0 Å². The molecule has 0 radical (unpaired) electrons. The van der Waals surface area contributed by atoms with Crippen molar-refractivity contribution in [1.29, 1.82) is 0 Å². The summed E-state index contributed by atoms with van der Waals surface area (Å²) >= 11 is 0. The van der Waals surface area contributed by atoms with Crippen molar-refractivity contribution in [1.82, 2.24) is 0 Å². The first kappa shape index (κ1) is 14.9. The summed E-state index contributed by atoms with van der Waals surface area (Å²) in [5.41, 5.74) is 4.31. The van der Waals surface area contributed by atoms with Crippen LogP contribution in [0.5, 0.6) is 0 Å². The highest BCUT2D eigenvalue weighted by Crippen LogP contribution is 2.20. The fourth-order valence-corrected chi connectivity index (χ4v) is 2.00. The van der Waals surface area contributed by atoms with E-state index in [-0.39, 0.29) is 5.97 Å². The Bertz CT molecular complexity index is 633. The van der Waals surface area contributed by atoms with Crippen LogP contribution in [-0.4, -0.2) is 13.1 Å². The molecule has 0 saturated carbocycles. The third-order valence-electron chi connectivity index (χ3n) is 3.13. The molecule has 0 amide bonds. The number of esters is 1. The molecule has 0 fully saturated rings. The number of ether oxygens (including phenoxy) is 1. The van der Waals surface area contributed by atoms with Gasteiger partial charge in [0.25, 0.3) is 0 Å². The van der Waals surface area contributed by atoms with Crippen LogP contribution in [0.1, 0.15) is 16.7 Å². The molecule has 0 heterocycles. The van der Waals surface area contributed by atoms with E-state index in [0.29, 0.717) is 0 Å². The van der Waals surface area contributed by atoms with E-state index in [1.165, 1.54) is 18.7 Å². The summed E-state index contributed by atoms with van der Waals surface area (Å²) in [6.45, 7) is 2.76. The van der Waals surface area contributed by atoms with Gasteiger partial charge in [-0.15, -0.1) is 0 Å². The topological polar surface area (TPSA) is 38.3 Å². The monoisotopic (exact) mass is 281 g/mol. The first-order valence-corrected chi connectivity index (χ1v) is 6.83. The normalized spacial score (nSPS) is 10.6. The van der Waals surface area contributed by atoms with Crippen molar-refractivity contribution in [3.05, 3.63) is 71.3 Å². The van der Waals surface area contributed by atoms with Gasteiger partial charge in [-0.3, -0.25) is 0 Å². The number of nitrogens with one attached hydrogen (secondary N) is 1. The molecule has 0 aliphatic carbocycles. The highest BCUT2D eigenvalue weighted by molar-refractivity contribution is 5.88. The van der Waals surface area contributed by atoms with Crippen molar-refractivity contribution >= 4 is 17.7 Å². The van der Waals surface area contributed by atoms with Gasteiger partial charge in [0.1, 0.15) is 0 Å². The van der Waals surface area contributed by atoms with Gasteiger partial charge in [0.05, 0.1) is 7.11 Å². The van der Waals surface area contributed by atoms with Crippen LogP contribution in [0.4, 0.5) is 5.69 Å². The van der Waals surface area contributed by atoms with Crippen LogP contribution in [0, 0.1) is 6.92 Å². The maximum atomic E-state index is 11.2. The number of methoxy groups -OCH3 is 1. The van der Waals surface area contributed by atoms with Crippen molar-refractivity contribution in [2.75, 3.05) is 12.4 Å². The first-order chi connectivity index (χ1) is 10.2. The van der Waals surface area contributed by atoms with E-state index in [4.69, 9.17) is 0 Å². The standard InChI is InChI=1S/C18H19NO2/c1-14-8-10-17(16(12-14)9-11-18(20)21-2)19-13-15-6-4-3-5-7-15/h3-12,19H,13H2,1-2H3/b11-9+. The highest BCUT2D eigenvalue weighted by Gasteiger charge is 2.01. The average molecular weight is 281 g/mol. The predicted octanol–water partition coefficient (Wildman–Crippen LogP) is 3.79. The Labute approximate surface area is 125 Å². The van der Waals surface area contributed by atoms with Crippen LogP contribution in [0.15, 0.2) is 54.6 Å². The maximum Gasteiger partial charge on any atom is 0.330 e. The molecular formula is C18H19NO2. The van der Waals surface area contributed by atoms with Crippen molar-refractivity contribution < 1.29 is 9.53 Å². The summed E-state index contributed by atoms with van der Waals surface area (Å²) in [4.78, 5) is 11.2. The Balaban J connectivity index is 2.15. The highest BCUT2D eigenvalue weighted by atomic mass is 16.5. The molecule has 3 heteroatoms. The Morgan fingerprint density at radius 3 is 2.67 bits per heavy atom. The maximum absolute atomic E-state index is 11.2. The SMILES string of the molecule is COC(=O)/C=C/c1cc(C)ccc1NCc1ccccc1. The van der Waals surface area contributed by atoms with E-state index in [1.807, 2.05) is 43.3 Å². The van der Waals surface area contributed by atoms with Gasteiger partial charge in [-0.25, -0.2) is 4.79 Å². The van der Waals surface area contributed by atoms with Crippen molar-refractivity contribution in [2.45, 2.75) is 13.5 Å². The lowest BCUT2D eigenvalue weighted by atomic mass is 10.1. The third-order valence-corrected chi connectivity index (χ3v) is 3.13. The second-order valence-corrected chi connectivity index (χ2v) is 4.79. The third kappa shape index (κ3) is 4.49. The summed E-state index contributed by atoms with van der Waals surface area (Å²) in [7, 11) is 1.37. The summed E-state index contributed by atoms with van der Waals surface area (Å²) in [5.74, 6) is -0.356. The Kier molecular flexibility index (Phi) is 5.16. The lowest BCUT2D eigenvalue weighted by molar-refractivity contribution is -0.134. The minimum absolute atomic E-state index is 0.356. The second kappa shape index (κ2) is 7.29. The number of aryl methyl sites for hydroxylation is 1. The number of anilines is 1. The van der Waals surface area contributed by atoms with Gasteiger partial charge < -0.3 is 10.1 Å². The van der Waals surface area contributed by atoms with E-state index < -0.39 is 0 Å². The summed E-state index contributed by atoms with van der Waals surface area (Å²) < 4.78 is 4.63. The first-order valence-electron chi connectivity index (χ1n) is 6.83. The fraction of sp³-hybridized carbons (Fsp3) is 0.167. The molecule has 0 atom stereocenters. The molecule has 108 valence electrons. The van der Waals surface area contributed by atoms with Gasteiger partial charge in [-0.1, -0.05) is 42.0 Å². The molecule has 0 aliphatic heterocycles. The van der Waals surface area contributed by atoms with Crippen LogP contribution in [0.25, 0.3) is 6.08 Å². The molecule has 0 saturated heterocycles. The number of hydrogen-bond acceptors (Lipinski definition) is 3. The minimum Gasteiger partial charge on any atom is -0.466 e. The van der Waals surface area contributed by atoms with E-state index in [0.717, 1.165) is 23.4 Å². The Morgan fingerprint density at radius 2 is 1.95 bits per heavy atom. The van der Waals surface area contributed by atoms with Gasteiger partial charge in [0.2, 0.25) is 0 Å². The molecule has 2 rings (SSSR count). The Hall–Kier alpha value is -2.55. The minimum atomic E-state index is -0.356. The van der Waals surface area contributed by atoms with Crippen LogP contribution >= 0.6 is 0 Å². The molecule has 0 aromatic heterocycles. The second-order valence-electron chi connectivity index (χ2n) is 4.79. The number of hydrogen-bond donors (Lipinski definition) is 1. The Morgan fingerprint density at radius 1 is 1.19 bits per heavy atom. The van der Waals surface area contributed by atoms with Gasteiger partial charge in [-0.2, -0.15) is 0 Å². The lowest BCUT2D eigenvalue weighted by Crippen LogP contribution is -2.01. The van der Waals surface area contributed by atoms with Crippen LogP contribution in [0.2, 0.25) is 0 Å². The van der Waals surface area contributed by atoms with Gasteiger partial charge in [-0.05, 0) is 36.3 Å². The van der Waals surface area contributed by atoms with Crippen LogP contribution < -0.4 is 5.32 Å². The molecule has 1 N–H and O–H groups in total. The number of carbonyl (C=O) groups is 1. The fourth-order valence-electron chi connectivity index (χ4n) is 2.00. The quantitative estimate of drug-likeness (QED) is 0.669. The zero-order valence-corrected chi connectivity index (χ0v) is 12.3. The molecule has 3 nitrogen and oxygen atoms in total. The molecule has 0 bridgehead atoms. The zero-order valence-electron chi connectivity index (χ0n) is 12.3. The van der Waals surface area contributed by atoms with Crippen molar-refractivity contribution in [2.24, 2.45) is 0 Å². The summed E-state index contributed by atoms with van der Waals surface area (Å²) in [6, 6.07) is 16.3. The molecule has 2 aromatic carbocycles. The average Bonchev–Trinajstić information content (AvgIpc) is 2.52. The lowest BCUT2D eigenvalue weighted by Gasteiger charge is -2.11. The van der Waals surface area contributed by atoms with Crippen molar-refractivity contribution in [3.8, 4) is 0 Å². The van der Waals surface area contributed by atoms with E-state index in [9.17, 15) is 4.79 Å². The number of carbonyl (C=O) groups excluding carboxylic acids is 1. The summed E-state index contributed by atoms with van der Waals surface area (Å²) in [5, 5.41) is 3.40. The zero-order chi connectivity index (χ0) is 15.1. The smallest absolute Gasteiger partial charge is 0.330 e. The molecule has 0 unspecified atom stereocenters. The molecule has 0 spiro atoms. The van der Waals surface area contributed by atoms with E-state index in [2.05, 4.69) is 22.2 Å². The largest absolute Gasteiger partial charge is 0.466 e. The molecular weight excluding hydrogens is 262 g/mol. The number of benzene rings is 2. The predicted molar refractivity (Wildman–Crippen MR) is 86.0 cm³/mol. The van der Waals surface area contributed by atoms with Crippen molar-refractivity contribution in [3.63, 3.8) is 0 Å². The number of rotatable bonds is 5. The van der Waals surface area contributed by atoms with Gasteiger partial charge in [0, 0.05) is 18.3 Å². The molecule has 0 aliphatic rings.